The van der Waals surface area contributed by atoms with Crippen molar-refractivity contribution in [2.24, 2.45) is 11.3 Å². The Morgan fingerprint density at radius 1 is 1.18 bits per heavy atom. The summed E-state index contributed by atoms with van der Waals surface area (Å²) in [6.07, 6.45) is 8.03. The van der Waals surface area contributed by atoms with Crippen LogP contribution in [0, 0.1) is 11.3 Å². The van der Waals surface area contributed by atoms with Crippen molar-refractivity contribution >= 4 is 24.3 Å². The molecule has 0 radical (unpaired) electrons. The first-order chi connectivity index (χ1) is 10.1. The van der Waals surface area contributed by atoms with E-state index < -0.39 is 11.4 Å². The number of likely N-dealkylation sites (tertiary alicyclic amines) is 1. The number of carboxylic acids is 1. The summed E-state index contributed by atoms with van der Waals surface area (Å²) in [5, 5.41) is 12.7. The number of amides is 1. The standard InChI is InChI=1S/C16H26N2O3.ClH/c19-14(17-13-5-1-2-6-13)7-9-18-10-12-4-3-8-16(12,11-18)15(20)21;/h12-13H,1-11H2,(H,17,19)(H,20,21);1H/t12-,16+;/m0./s1. The third-order valence-electron chi connectivity index (χ3n) is 5.74. The molecule has 1 amide bonds. The molecule has 3 rings (SSSR count). The molecule has 1 heterocycles. The molecule has 0 unspecified atom stereocenters. The predicted molar refractivity (Wildman–Crippen MR) is 86.1 cm³/mol. The Morgan fingerprint density at radius 2 is 1.91 bits per heavy atom. The first-order valence-electron chi connectivity index (χ1n) is 8.35. The van der Waals surface area contributed by atoms with Gasteiger partial charge in [0.1, 0.15) is 0 Å². The molecule has 3 fully saturated rings. The van der Waals surface area contributed by atoms with Crippen molar-refractivity contribution in [3.63, 3.8) is 0 Å². The molecule has 2 atom stereocenters. The van der Waals surface area contributed by atoms with Gasteiger partial charge in [0.25, 0.3) is 0 Å². The predicted octanol–water partition coefficient (Wildman–Crippen LogP) is 2.04. The summed E-state index contributed by atoms with van der Waals surface area (Å²) < 4.78 is 0. The van der Waals surface area contributed by atoms with E-state index >= 15 is 0 Å². The topological polar surface area (TPSA) is 69.6 Å². The second-order valence-electron chi connectivity index (χ2n) is 7.08. The monoisotopic (exact) mass is 330 g/mol. The highest BCUT2D eigenvalue weighted by Crippen LogP contribution is 2.48. The Bertz CT molecular complexity index is 426. The zero-order chi connectivity index (χ0) is 14.9. The van der Waals surface area contributed by atoms with Crippen LogP contribution in [0.4, 0.5) is 0 Å². The van der Waals surface area contributed by atoms with Gasteiger partial charge in [0.15, 0.2) is 0 Å². The Balaban J connectivity index is 0.00000176. The van der Waals surface area contributed by atoms with Crippen LogP contribution in [0.1, 0.15) is 51.4 Å². The number of carbonyl (C=O) groups excluding carboxylic acids is 1. The van der Waals surface area contributed by atoms with Gasteiger partial charge in [-0.25, -0.2) is 0 Å². The molecule has 6 heteroatoms. The number of aliphatic carboxylic acids is 1. The number of hydrogen-bond donors (Lipinski definition) is 2. The zero-order valence-electron chi connectivity index (χ0n) is 13.1. The minimum Gasteiger partial charge on any atom is -0.481 e. The van der Waals surface area contributed by atoms with Crippen LogP contribution in [0.15, 0.2) is 0 Å². The first-order valence-corrected chi connectivity index (χ1v) is 8.35. The van der Waals surface area contributed by atoms with Crippen LogP contribution in [-0.2, 0) is 9.59 Å². The van der Waals surface area contributed by atoms with E-state index in [-0.39, 0.29) is 24.2 Å². The van der Waals surface area contributed by atoms with E-state index in [1.54, 1.807) is 0 Å². The maximum atomic E-state index is 12.0. The quantitative estimate of drug-likeness (QED) is 0.809. The molecule has 2 saturated carbocycles. The fourth-order valence-electron chi connectivity index (χ4n) is 4.54. The molecular formula is C16H27ClN2O3. The minimum absolute atomic E-state index is 0. The lowest BCUT2D eigenvalue weighted by Gasteiger charge is -2.23. The van der Waals surface area contributed by atoms with E-state index in [1.807, 2.05) is 0 Å². The SMILES string of the molecule is Cl.O=C(CCN1C[C@@H]2CCC[C@@]2(C(=O)O)C1)NC1CCCC1. The highest BCUT2D eigenvalue weighted by atomic mass is 35.5. The van der Waals surface area contributed by atoms with Gasteiger partial charge in [-0.3, -0.25) is 9.59 Å². The lowest BCUT2D eigenvalue weighted by Crippen LogP contribution is -2.37. The number of halogens is 1. The summed E-state index contributed by atoms with van der Waals surface area (Å²) in [6, 6.07) is 0.376. The van der Waals surface area contributed by atoms with Crippen LogP contribution in [0.3, 0.4) is 0 Å². The summed E-state index contributed by atoms with van der Waals surface area (Å²) in [6.45, 7) is 2.18. The van der Waals surface area contributed by atoms with E-state index in [0.717, 1.165) is 38.6 Å². The van der Waals surface area contributed by atoms with Crippen LogP contribution in [0.25, 0.3) is 0 Å². The van der Waals surface area contributed by atoms with Crippen molar-refractivity contribution in [1.29, 1.82) is 0 Å². The fraction of sp³-hybridized carbons (Fsp3) is 0.875. The van der Waals surface area contributed by atoms with Crippen LogP contribution in [0.2, 0.25) is 0 Å². The fourth-order valence-corrected chi connectivity index (χ4v) is 4.54. The second-order valence-corrected chi connectivity index (χ2v) is 7.08. The average Bonchev–Trinajstić information content (AvgIpc) is 3.10. The van der Waals surface area contributed by atoms with Crippen molar-refractivity contribution in [1.82, 2.24) is 10.2 Å². The summed E-state index contributed by atoms with van der Waals surface area (Å²) in [4.78, 5) is 25.8. The van der Waals surface area contributed by atoms with E-state index in [1.165, 1.54) is 12.8 Å². The maximum absolute atomic E-state index is 12.0. The van der Waals surface area contributed by atoms with Crippen molar-refractivity contribution in [2.75, 3.05) is 19.6 Å². The van der Waals surface area contributed by atoms with E-state index in [0.29, 0.717) is 25.6 Å². The van der Waals surface area contributed by atoms with Crippen LogP contribution < -0.4 is 5.32 Å². The molecule has 0 aromatic heterocycles. The molecule has 0 bridgehead atoms. The van der Waals surface area contributed by atoms with Gasteiger partial charge in [0.2, 0.25) is 5.91 Å². The number of hydrogen-bond acceptors (Lipinski definition) is 3. The molecule has 126 valence electrons. The molecular weight excluding hydrogens is 304 g/mol. The van der Waals surface area contributed by atoms with Gasteiger partial charge in [-0.2, -0.15) is 0 Å². The van der Waals surface area contributed by atoms with Crippen molar-refractivity contribution < 1.29 is 14.7 Å². The maximum Gasteiger partial charge on any atom is 0.311 e. The minimum atomic E-state index is -0.636. The lowest BCUT2D eigenvalue weighted by molar-refractivity contribution is -0.149. The first kappa shape index (κ1) is 17.5. The number of carboxylic acid groups (broad SMARTS) is 1. The summed E-state index contributed by atoms with van der Waals surface area (Å²) in [7, 11) is 0. The van der Waals surface area contributed by atoms with Crippen molar-refractivity contribution in [3.05, 3.63) is 0 Å². The van der Waals surface area contributed by atoms with E-state index in [2.05, 4.69) is 10.2 Å². The highest BCUT2D eigenvalue weighted by molar-refractivity contribution is 5.85. The zero-order valence-corrected chi connectivity index (χ0v) is 13.9. The molecule has 0 aromatic carbocycles. The van der Waals surface area contributed by atoms with Gasteiger partial charge in [-0.05, 0) is 31.6 Å². The van der Waals surface area contributed by atoms with Gasteiger partial charge >= 0.3 is 5.97 Å². The smallest absolute Gasteiger partial charge is 0.311 e. The van der Waals surface area contributed by atoms with Crippen LogP contribution in [-0.4, -0.2) is 47.6 Å². The molecule has 3 aliphatic rings. The number of nitrogens with one attached hydrogen (secondary N) is 1. The number of fused-ring (bicyclic) bond motifs is 1. The number of rotatable bonds is 5. The van der Waals surface area contributed by atoms with Crippen molar-refractivity contribution in [3.8, 4) is 0 Å². The summed E-state index contributed by atoms with van der Waals surface area (Å²) in [5.41, 5.74) is -0.526. The third-order valence-corrected chi connectivity index (χ3v) is 5.74. The molecule has 2 aliphatic carbocycles. The van der Waals surface area contributed by atoms with E-state index in [9.17, 15) is 14.7 Å². The Hall–Kier alpha value is -0.810. The van der Waals surface area contributed by atoms with Gasteiger partial charge < -0.3 is 15.3 Å². The third kappa shape index (κ3) is 3.40. The molecule has 1 aliphatic heterocycles. The van der Waals surface area contributed by atoms with Gasteiger partial charge in [-0.1, -0.05) is 19.3 Å². The second kappa shape index (κ2) is 7.18. The largest absolute Gasteiger partial charge is 0.481 e. The Labute approximate surface area is 138 Å². The number of carbonyl (C=O) groups is 2. The molecule has 0 aromatic rings. The summed E-state index contributed by atoms with van der Waals surface area (Å²) >= 11 is 0. The normalized spacial score (nSPS) is 31.7. The van der Waals surface area contributed by atoms with Crippen LogP contribution >= 0.6 is 12.4 Å². The summed E-state index contributed by atoms with van der Waals surface area (Å²) in [5.74, 6) is -0.223. The van der Waals surface area contributed by atoms with Gasteiger partial charge in [0, 0.05) is 32.1 Å². The molecule has 0 spiro atoms. The Kier molecular flexibility index (Phi) is 5.72. The highest BCUT2D eigenvalue weighted by Gasteiger charge is 2.54. The lowest BCUT2D eigenvalue weighted by atomic mass is 9.81. The van der Waals surface area contributed by atoms with Gasteiger partial charge in [-0.15, -0.1) is 12.4 Å². The average molecular weight is 331 g/mol. The van der Waals surface area contributed by atoms with E-state index in [4.69, 9.17) is 0 Å². The molecule has 5 nitrogen and oxygen atoms in total. The molecule has 2 N–H and O–H groups in total. The molecule has 1 saturated heterocycles. The van der Waals surface area contributed by atoms with Gasteiger partial charge in [0.05, 0.1) is 5.41 Å². The number of nitrogens with zero attached hydrogens (tertiary/aromatic N) is 1. The Morgan fingerprint density at radius 3 is 2.55 bits per heavy atom. The van der Waals surface area contributed by atoms with Crippen LogP contribution in [0.5, 0.6) is 0 Å². The molecule has 22 heavy (non-hydrogen) atoms. The van der Waals surface area contributed by atoms with Crippen molar-refractivity contribution in [2.45, 2.75) is 57.4 Å².